The van der Waals surface area contributed by atoms with Gasteiger partial charge in [-0.3, -0.25) is 0 Å². The fourth-order valence-corrected chi connectivity index (χ4v) is 2.25. The van der Waals surface area contributed by atoms with Gasteiger partial charge in [-0.25, -0.2) is 22.4 Å². The quantitative estimate of drug-likeness (QED) is 0.462. The number of amides is 2. The smallest absolute Gasteiger partial charge is 0.319 e. The zero-order chi connectivity index (χ0) is 16.0. The van der Waals surface area contributed by atoms with Crippen LogP contribution in [0.4, 0.5) is 28.0 Å². The number of carbonyl (C=O) groups is 1. The second-order valence-corrected chi connectivity index (χ2v) is 5.47. The Hall–Kier alpha value is -1.15. The summed E-state index contributed by atoms with van der Waals surface area (Å²) < 4.78 is 51.2. The molecule has 0 fully saturated rings. The molecule has 1 unspecified atom stereocenters. The topological polar surface area (TPSA) is 41.1 Å². The number of hydrogen-bond acceptors (Lipinski definition) is 2. The predicted octanol–water partition coefficient (Wildman–Crippen LogP) is 4.15. The summed E-state index contributed by atoms with van der Waals surface area (Å²) in [5.41, 5.74) is -2.35. The number of alkyl halides is 4. The summed E-state index contributed by atoms with van der Waals surface area (Å²) in [5.74, 6) is -0.562. The van der Waals surface area contributed by atoms with Crippen molar-refractivity contribution in [3.8, 4) is 0 Å². The normalized spacial score (nSPS) is 12.3. The first-order valence-corrected chi connectivity index (χ1v) is 7.26. The SMILES string of the molecule is Cc1cc(F)c(NC(=O)NCCCl)cc1SC(F)C(F)F. The third-order valence-electron chi connectivity index (χ3n) is 2.33. The van der Waals surface area contributed by atoms with E-state index in [1.54, 1.807) is 0 Å². The monoisotopic (exact) mass is 344 g/mol. The molecule has 9 heteroatoms. The Kier molecular flexibility index (Phi) is 7.10. The lowest BCUT2D eigenvalue weighted by Gasteiger charge is -2.13. The van der Waals surface area contributed by atoms with E-state index in [4.69, 9.17) is 11.6 Å². The number of thioether (sulfide) groups is 1. The molecular formula is C12H13ClF4N2OS. The van der Waals surface area contributed by atoms with Crippen molar-refractivity contribution in [1.82, 2.24) is 5.32 Å². The summed E-state index contributed by atoms with van der Waals surface area (Å²) >= 11 is 5.65. The van der Waals surface area contributed by atoms with Crippen molar-refractivity contribution in [3.63, 3.8) is 0 Å². The highest BCUT2D eigenvalue weighted by molar-refractivity contribution is 7.99. The minimum atomic E-state index is -3.15. The van der Waals surface area contributed by atoms with Crippen LogP contribution in [0.25, 0.3) is 0 Å². The third kappa shape index (κ3) is 5.62. The Balaban J connectivity index is 2.87. The van der Waals surface area contributed by atoms with Crippen molar-refractivity contribution in [3.05, 3.63) is 23.5 Å². The maximum atomic E-state index is 13.7. The molecule has 0 aromatic heterocycles. The van der Waals surface area contributed by atoms with Crippen molar-refractivity contribution in [2.45, 2.75) is 23.7 Å². The van der Waals surface area contributed by atoms with Crippen LogP contribution in [0.3, 0.4) is 0 Å². The molecular weight excluding hydrogens is 332 g/mol. The lowest BCUT2D eigenvalue weighted by Crippen LogP contribution is -2.30. The number of hydrogen-bond donors (Lipinski definition) is 2. The van der Waals surface area contributed by atoms with Crippen molar-refractivity contribution < 1.29 is 22.4 Å². The summed E-state index contributed by atoms with van der Waals surface area (Å²) in [6.45, 7) is 1.64. The molecule has 1 rings (SSSR count). The van der Waals surface area contributed by atoms with Gasteiger partial charge in [0.05, 0.1) is 5.69 Å². The first-order valence-electron chi connectivity index (χ1n) is 5.85. The minimum Gasteiger partial charge on any atom is -0.337 e. The molecule has 0 bridgehead atoms. The van der Waals surface area contributed by atoms with Crippen LogP contribution >= 0.6 is 23.4 Å². The Labute approximate surface area is 128 Å². The third-order valence-corrected chi connectivity index (χ3v) is 3.64. The van der Waals surface area contributed by atoms with Crippen LogP contribution in [0.2, 0.25) is 0 Å². The second kappa shape index (κ2) is 8.33. The largest absolute Gasteiger partial charge is 0.337 e. The van der Waals surface area contributed by atoms with Gasteiger partial charge in [0.25, 0.3) is 6.43 Å². The molecule has 0 radical (unpaired) electrons. The highest BCUT2D eigenvalue weighted by Gasteiger charge is 2.22. The lowest BCUT2D eigenvalue weighted by atomic mass is 10.2. The molecule has 21 heavy (non-hydrogen) atoms. The van der Waals surface area contributed by atoms with Crippen molar-refractivity contribution in [1.29, 1.82) is 0 Å². The van der Waals surface area contributed by atoms with Gasteiger partial charge >= 0.3 is 6.03 Å². The van der Waals surface area contributed by atoms with Gasteiger partial charge in [-0.15, -0.1) is 11.6 Å². The molecule has 3 nitrogen and oxygen atoms in total. The fraction of sp³-hybridized carbons (Fsp3) is 0.417. The number of aryl methyl sites for hydroxylation is 1. The van der Waals surface area contributed by atoms with E-state index in [-0.39, 0.29) is 34.8 Å². The molecule has 2 N–H and O–H groups in total. The fourth-order valence-electron chi connectivity index (χ4n) is 1.38. The van der Waals surface area contributed by atoms with Crippen LogP contribution < -0.4 is 10.6 Å². The summed E-state index contributed by atoms with van der Waals surface area (Å²) in [5, 5.41) is 4.56. The van der Waals surface area contributed by atoms with E-state index in [1.807, 2.05) is 0 Å². The van der Waals surface area contributed by atoms with Crippen molar-refractivity contribution >= 4 is 35.1 Å². The summed E-state index contributed by atoms with van der Waals surface area (Å²) in [6, 6.07) is 1.46. The maximum Gasteiger partial charge on any atom is 0.319 e. The Morgan fingerprint density at radius 2 is 2.05 bits per heavy atom. The van der Waals surface area contributed by atoms with E-state index in [1.165, 1.54) is 6.92 Å². The van der Waals surface area contributed by atoms with Crippen LogP contribution in [0.15, 0.2) is 17.0 Å². The van der Waals surface area contributed by atoms with E-state index in [0.717, 1.165) is 12.1 Å². The average molecular weight is 345 g/mol. The number of halogens is 5. The lowest BCUT2D eigenvalue weighted by molar-refractivity contribution is 0.0953. The van der Waals surface area contributed by atoms with Crippen LogP contribution in [0.5, 0.6) is 0 Å². The van der Waals surface area contributed by atoms with E-state index in [9.17, 15) is 22.4 Å². The van der Waals surface area contributed by atoms with E-state index in [0.29, 0.717) is 5.56 Å². The van der Waals surface area contributed by atoms with Gasteiger partial charge in [-0.05, 0) is 24.6 Å². The van der Waals surface area contributed by atoms with Gasteiger partial charge in [-0.2, -0.15) is 0 Å². The van der Waals surface area contributed by atoms with Crippen LogP contribution in [0, 0.1) is 12.7 Å². The average Bonchev–Trinajstić information content (AvgIpc) is 2.41. The highest BCUT2D eigenvalue weighted by Crippen LogP contribution is 2.33. The predicted molar refractivity (Wildman–Crippen MR) is 75.6 cm³/mol. The van der Waals surface area contributed by atoms with Gasteiger partial charge in [0, 0.05) is 17.3 Å². The standard InChI is InChI=1S/C12H13ClF4N2OS/c1-6-4-7(14)8(19-12(20)18-3-2-13)5-9(6)21-11(17)10(15)16/h4-5,10-11H,2-3H2,1H3,(H2,18,19,20). The molecule has 118 valence electrons. The second-order valence-electron chi connectivity index (χ2n) is 3.97. The van der Waals surface area contributed by atoms with Gasteiger partial charge in [0.15, 0.2) is 0 Å². The molecule has 1 aromatic carbocycles. The van der Waals surface area contributed by atoms with Gasteiger partial charge in [-0.1, -0.05) is 11.8 Å². The van der Waals surface area contributed by atoms with Gasteiger partial charge in [0.1, 0.15) is 5.82 Å². The maximum absolute atomic E-state index is 13.7. The van der Waals surface area contributed by atoms with Crippen LogP contribution in [-0.4, -0.2) is 30.4 Å². The number of carbonyl (C=O) groups excluding carboxylic acids is 1. The van der Waals surface area contributed by atoms with Gasteiger partial charge < -0.3 is 10.6 Å². The Morgan fingerprint density at radius 1 is 1.38 bits per heavy atom. The number of benzene rings is 1. The number of rotatable bonds is 6. The molecule has 1 aromatic rings. The molecule has 0 saturated heterocycles. The summed E-state index contributed by atoms with van der Waals surface area (Å²) in [7, 11) is 0. The summed E-state index contributed by atoms with van der Waals surface area (Å²) in [4.78, 5) is 11.5. The highest BCUT2D eigenvalue weighted by atomic mass is 35.5. The van der Waals surface area contributed by atoms with E-state index in [2.05, 4.69) is 10.6 Å². The molecule has 0 saturated carbocycles. The molecule has 0 aliphatic rings. The van der Waals surface area contributed by atoms with Crippen LogP contribution in [0.1, 0.15) is 5.56 Å². The van der Waals surface area contributed by atoms with Crippen molar-refractivity contribution in [2.24, 2.45) is 0 Å². The molecule has 0 heterocycles. The molecule has 0 aliphatic carbocycles. The summed E-state index contributed by atoms with van der Waals surface area (Å²) in [6.07, 6.45) is -3.15. The zero-order valence-corrected chi connectivity index (χ0v) is 12.5. The van der Waals surface area contributed by atoms with E-state index >= 15 is 0 Å². The van der Waals surface area contributed by atoms with Crippen molar-refractivity contribution in [2.75, 3.05) is 17.7 Å². The number of urea groups is 1. The molecule has 2 amide bonds. The van der Waals surface area contributed by atoms with E-state index < -0.39 is 23.8 Å². The zero-order valence-electron chi connectivity index (χ0n) is 10.9. The Bertz CT molecular complexity index is 504. The molecule has 1 atom stereocenters. The van der Waals surface area contributed by atoms with Crippen LogP contribution in [-0.2, 0) is 0 Å². The number of nitrogens with one attached hydrogen (secondary N) is 2. The minimum absolute atomic E-state index is 0.122. The number of anilines is 1. The first-order chi connectivity index (χ1) is 9.85. The molecule has 0 aliphatic heterocycles. The van der Waals surface area contributed by atoms with Gasteiger partial charge in [0.2, 0.25) is 5.50 Å². The molecule has 0 spiro atoms. The first kappa shape index (κ1) is 17.9. The Morgan fingerprint density at radius 3 is 2.62 bits per heavy atom.